The van der Waals surface area contributed by atoms with Gasteiger partial charge in [0.05, 0.1) is 41.7 Å². The summed E-state index contributed by atoms with van der Waals surface area (Å²) < 4.78 is 5.42. The molecule has 3 aliphatic carbocycles. The zero-order valence-electron chi connectivity index (χ0n) is 23.2. The summed E-state index contributed by atoms with van der Waals surface area (Å²) in [5.41, 5.74) is 1.40. The minimum Gasteiger partial charge on any atom is -0.463 e. The summed E-state index contributed by atoms with van der Waals surface area (Å²) in [5.74, 6) is -7.50. The van der Waals surface area contributed by atoms with Crippen molar-refractivity contribution in [1.82, 2.24) is 0 Å². The van der Waals surface area contributed by atoms with Crippen LogP contribution < -0.4 is 9.80 Å². The van der Waals surface area contributed by atoms with Gasteiger partial charge >= 0.3 is 5.97 Å². The van der Waals surface area contributed by atoms with Crippen molar-refractivity contribution in [2.24, 2.45) is 35.0 Å². The average molecular weight is 595 g/mol. The molecular weight excluding hydrogens is 567 g/mol. The molecule has 4 amide bonds. The molecule has 3 fully saturated rings. The highest BCUT2D eigenvalue weighted by Gasteiger charge is 2.77. The summed E-state index contributed by atoms with van der Waals surface area (Å²) in [6.07, 6.45) is 0. The molecule has 0 aromatic heterocycles. The predicted octanol–water partition coefficient (Wildman–Crippen LogP) is 5.05. The Balaban J connectivity index is 1.54. The molecule has 5 aliphatic rings. The van der Waals surface area contributed by atoms with Gasteiger partial charge in [-0.05, 0) is 63.1 Å². The van der Waals surface area contributed by atoms with Crippen LogP contribution in [0.15, 0.2) is 47.5 Å². The highest BCUT2D eigenvalue weighted by Crippen LogP contribution is 2.68. The average Bonchev–Trinajstić information content (AvgIpc) is 3.34. The Morgan fingerprint density at radius 2 is 1.22 bits per heavy atom. The fraction of sp³-hybridized carbons (Fsp3) is 0.387. The molecule has 2 saturated heterocycles. The number of hydrogen-bond acceptors (Lipinski definition) is 6. The van der Waals surface area contributed by atoms with Crippen LogP contribution in [0.2, 0.25) is 10.0 Å². The summed E-state index contributed by atoms with van der Waals surface area (Å²) in [6.45, 7) is 8.73. The number of imide groups is 2. The van der Waals surface area contributed by atoms with Gasteiger partial charge < -0.3 is 4.74 Å². The second-order valence-corrected chi connectivity index (χ2v) is 12.3. The van der Waals surface area contributed by atoms with E-state index in [1.54, 1.807) is 57.2 Å². The number of carbonyl (C=O) groups is 5. The number of hydrogen-bond donors (Lipinski definition) is 0. The lowest BCUT2D eigenvalue weighted by Gasteiger charge is -2.55. The molecule has 1 saturated carbocycles. The Kier molecular flexibility index (Phi) is 6.25. The molecule has 2 bridgehead atoms. The SMILES string of the molecule is CCOC(=O)C1=C(C)C2[C@H]3C(=O)N(c4ccc(C)c(Cl)c4)C(=O)[C@@H]3C1(C)[C@H]1C(=O)N(c3ccc(C)c(Cl)c3)C(=O)[C@H]21. The van der Waals surface area contributed by atoms with Gasteiger partial charge in [-0.2, -0.15) is 0 Å². The number of benzene rings is 2. The van der Waals surface area contributed by atoms with E-state index < -0.39 is 64.6 Å². The Labute approximate surface area is 247 Å². The first-order chi connectivity index (χ1) is 19.4. The van der Waals surface area contributed by atoms with Crippen molar-refractivity contribution in [2.45, 2.75) is 34.6 Å². The zero-order valence-corrected chi connectivity index (χ0v) is 24.7. The van der Waals surface area contributed by atoms with Crippen molar-refractivity contribution in [1.29, 1.82) is 0 Å². The molecule has 0 unspecified atom stereocenters. The maximum atomic E-state index is 14.2. The van der Waals surface area contributed by atoms with E-state index in [2.05, 4.69) is 0 Å². The molecule has 212 valence electrons. The van der Waals surface area contributed by atoms with E-state index in [9.17, 15) is 24.0 Å². The first-order valence-electron chi connectivity index (χ1n) is 13.5. The van der Waals surface area contributed by atoms with E-state index >= 15 is 0 Å². The van der Waals surface area contributed by atoms with E-state index in [-0.39, 0.29) is 12.2 Å². The molecule has 0 spiro atoms. The number of ether oxygens (including phenoxy) is 1. The van der Waals surface area contributed by atoms with E-state index in [0.717, 1.165) is 20.9 Å². The molecule has 2 aliphatic heterocycles. The summed E-state index contributed by atoms with van der Waals surface area (Å²) >= 11 is 12.7. The topological polar surface area (TPSA) is 101 Å². The van der Waals surface area contributed by atoms with Crippen molar-refractivity contribution < 1.29 is 28.7 Å². The molecule has 4 atom stereocenters. The second kappa shape index (κ2) is 9.26. The van der Waals surface area contributed by atoms with Crippen molar-refractivity contribution in [3.8, 4) is 0 Å². The highest BCUT2D eigenvalue weighted by molar-refractivity contribution is 6.33. The van der Waals surface area contributed by atoms with Crippen molar-refractivity contribution in [3.05, 3.63) is 68.7 Å². The van der Waals surface area contributed by atoms with Crippen LogP contribution in [0.4, 0.5) is 11.4 Å². The number of anilines is 2. The fourth-order valence-electron chi connectivity index (χ4n) is 7.76. The lowest BCUT2D eigenvalue weighted by atomic mass is 9.43. The monoisotopic (exact) mass is 594 g/mol. The number of esters is 1. The van der Waals surface area contributed by atoms with Gasteiger partial charge in [0.25, 0.3) is 0 Å². The number of nitrogens with zero attached hydrogens (tertiary/aromatic N) is 2. The van der Waals surface area contributed by atoms with Gasteiger partial charge in [-0.25, -0.2) is 14.6 Å². The van der Waals surface area contributed by atoms with Crippen molar-refractivity contribution >= 4 is 64.2 Å². The first kappa shape index (κ1) is 27.7. The molecule has 7 rings (SSSR count). The largest absolute Gasteiger partial charge is 0.463 e. The molecule has 2 aromatic carbocycles. The lowest BCUT2D eigenvalue weighted by molar-refractivity contribution is -0.155. The quantitative estimate of drug-likeness (QED) is 0.362. The van der Waals surface area contributed by atoms with Crippen LogP contribution in [0, 0.1) is 48.9 Å². The Hall–Kier alpha value is -3.49. The van der Waals surface area contributed by atoms with Crippen molar-refractivity contribution in [2.75, 3.05) is 16.4 Å². The predicted molar refractivity (Wildman–Crippen MR) is 152 cm³/mol. The van der Waals surface area contributed by atoms with Crippen LogP contribution >= 0.6 is 23.2 Å². The summed E-state index contributed by atoms with van der Waals surface area (Å²) in [4.78, 5) is 72.4. The second-order valence-electron chi connectivity index (χ2n) is 11.5. The molecule has 8 nitrogen and oxygen atoms in total. The number of aryl methyl sites for hydroxylation is 2. The number of halogens is 2. The minimum absolute atomic E-state index is 0.0836. The molecule has 2 heterocycles. The number of carbonyl (C=O) groups excluding carboxylic acids is 5. The molecular formula is C31H28Cl2N2O6. The van der Waals surface area contributed by atoms with Gasteiger partial charge in [-0.15, -0.1) is 0 Å². The minimum atomic E-state index is -1.48. The zero-order chi connectivity index (χ0) is 29.7. The summed E-state index contributed by atoms with van der Waals surface area (Å²) in [6, 6.07) is 9.84. The normalized spacial score (nSPS) is 30.4. The van der Waals surface area contributed by atoms with E-state index in [4.69, 9.17) is 27.9 Å². The highest BCUT2D eigenvalue weighted by atomic mass is 35.5. The van der Waals surface area contributed by atoms with Gasteiger partial charge in [-0.1, -0.05) is 47.8 Å². The Morgan fingerprint density at radius 1 is 0.780 bits per heavy atom. The van der Waals surface area contributed by atoms with Crippen LogP contribution in [0.5, 0.6) is 0 Å². The third-order valence-electron chi connectivity index (χ3n) is 9.51. The molecule has 41 heavy (non-hydrogen) atoms. The smallest absolute Gasteiger partial charge is 0.334 e. The van der Waals surface area contributed by atoms with E-state index in [0.29, 0.717) is 27.0 Å². The van der Waals surface area contributed by atoms with Crippen LogP contribution in [-0.2, 0) is 28.7 Å². The number of allylic oxidation sites excluding steroid dienone is 1. The maximum Gasteiger partial charge on any atom is 0.334 e. The Bertz CT molecular complexity index is 1530. The molecule has 2 aromatic rings. The van der Waals surface area contributed by atoms with Gasteiger partial charge in [0.2, 0.25) is 23.6 Å². The van der Waals surface area contributed by atoms with Crippen LogP contribution in [-0.4, -0.2) is 36.2 Å². The third-order valence-corrected chi connectivity index (χ3v) is 10.3. The van der Waals surface area contributed by atoms with Gasteiger partial charge in [0, 0.05) is 27.0 Å². The van der Waals surface area contributed by atoms with Crippen molar-refractivity contribution in [3.63, 3.8) is 0 Å². The van der Waals surface area contributed by atoms with Crippen LogP contribution in [0.25, 0.3) is 0 Å². The maximum absolute atomic E-state index is 14.2. The molecule has 0 radical (unpaired) electrons. The standard InChI is InChI=1S/C31H28Cl2N2O6/c1-6-41-30(40)23-15(4)20-21-24(28(38)34(26(21)36)16-9-7-13(2)18(32)11-16)31(23,5)25-22(20)27(37)35(29(25)39)17-10-8-14(3)19(33)12-17/h7-12,20-22,24-25H,6H2,1-5H3/t20?,21-,22-,24-,25-,31?/m1/s1. The van der Waals surface area contributed by atoms with Crippen LogP contribution in [0.3, 0.4) is 0 Å². The van der Waals surface area contributed by atoms with Gasteiger partial charge in [0.15, 0.2) is 0 Å². The summed E-state index contributed by atoms with van der Waals surface area (Å²) in [7, 11) is 0. The van der Waals surface area contributed by atoms with E-state index in [1.807, 2.05) is 13.8 Å². The molecule has 0 N–H and O–H groups in total. The third kappa shape index (κ3) is 3.50. The van der Waals surface area contributed by atoms with E-state index in [1.165, 1.54) is 0 Å². The molecule has 10 heteroatoms. The Morgan fingerprint density at radius 3 is 1.61 bits per heavy atom. The van der Waals surface area contributed by atoms with Gasteiger partial charge in [-0.3, -0.25) is 19.2 Å². The number of amides is 4. The summed E-state index contributed by atoms with van der Waals surface area (Å²) in [5, 5.41) is 0.784. The lowest BCUT2D eigenvalue weighted by Crippen LogP contribution is -2.61. The van der Waals surface area contributed by atoms with Crippen LogP contribution in [0.1, 0.15) is 31.9 Å². The van der Waals surface area contributed by atoms with Gasteiger partial charge in [0.1, 0.15) is 0 Å². The first-order valence-corrected chi connectivity index (χ1v) is 14.3. The number of rotatable bonds is 4. The fourth-order valence-corrected chi connectivity index (χ4v) is 8.11.